The highest BCUT2D eigenvalue weighted by Crippen LogP contribution is 2.51. The molecule has 2 fully saturated rings. The van der Waals surface area contributed by atoms with Crippen LogP contribution in [0.3, 0.4) is 0 Å². The van der Waals surface area contributed by atoms with E-state index in [0.717, 1.165) is 49.3 Å². The minimum Gasteiger partial charge on any atom is -0.474 e. The van der Waals surface area contributed by atoms with Crippen molar-refractivity contribution in [3.05, 3.63) is 27.9 Å². The molecule has 2 aromatic heterocycles. The van der Waals surface area contributed by atoms with Crippen molar-refractivity contribution in [2.45, 2.75) is 102 Å². The van der Waals surface area contributed by atoms with Crippen LogP contribution in [0.15, 0.2) is 16.2 Å². The Bertz CT molecular complexity index is 1720. The van der Waals surface area contributed by atoms with Crippen molar-refractivity contribution in [2.75, 3.05) is 58.8 Å². The van der Waals surface area contributed by atoms with Crippen LogP contribution in [-0.2, 0) is 27.2 Å². The van der Waals surface area contributed by atoms with Crippen LogP contribution in [0.5, 0.6) is 5.88 Å². The Hall–Kier alpha value is -4.00. The Morgan fingerprint density at radius 2 is 1.98 bits per heavy atom. The number of piperidine rings is 1. The topological polar surface area (TPSA) is 152 Å². The van der Waals surface area contributed by atoms with E-state index in [4.69, 9.17) is 24.3 Å². The maximum atomic E-state index is 12.7. The van der Waals surface area contributed by atoms with Gasteiger partial charge in [0.2, 0.25) is 11.7 Å². The van der Waals surface area contributed by atoms with Gasteiger partial charge in [-0.15, -0.1) is 11.3 Å². The molecule has 2 aromatic rings. The smallest absolute Gasteiger partial charge is 0.410 e. The third-order valence-electron chi connectivity index (χ3n) is 10.0. The Morgan fingerprint density at radius 1 is 1.24 bits per heavy atom. The highest BCUT2D eigenvalue weighted by Gasteiger charge is 2.51. The van der Waals surface area contributed by atoms with Crippen LogP contribution in [0.2, 0.25) is 0 Å². The fourth-order valence-electron chi connectivity index (χ4n) is 7.37. The van der Waals surface area contributed by atoms with E-state index in [2.05, 4.69) is 46.9 Å². The van der Waals surface area contributed by atoms with Gasteiger partial charge in [0, 0.05) is 82.1 Å². The number of hydrogen-bond donors (Lipinski definition) is 1. The van der Waals surface area contributed by atoms with Gasteiger partial charge in [0.1, 0.15) is 28.6 Å². The number of piperazine rings is 1. The first-order valence-electron chi connectivity index (χ1n) is 17.8. The van der Waals surface area contributed by atoms with E-state index in [1.165, 1.54) is 0 Å². The number of aryl methyl sites for hydroxylation is 1. The molecule has 0 aromatic carbocycles. The lowest BCUT2D eigenvalue weighted by Gasteiger charge is -2.39. The number of likely N-dealkylation sites (N-methyl/N-ethyl adjacent to an activating group) is 1. The number of fused-ring (bicyclic) bond motifs is 1. The van der Waals surface area contributed by atoms with Gasteiger partial charge in [-0.3, -0.25) is 0 Å². The molecule has 276 valence electrons. The van der Waals surface area contributed by atoms with E-state index in [1.54, 1.807) is 22.6 Å². The van der Waals surface area contributed by atoms with E-state index in [1.807, 2.05) is 45.8 Å². The number of likely N-dealkylation sites (tertiary alicyclic amines) is 1. The van der Waals surface area contributed by atoms with Crippen molar-refractivity contribution in [1.82, 2.24) is 24.7 Å². The highest BCUT2D eigenvalue weighted by molar-refractivity contribution is 7.16. The molecule has 0 spiro atoms. The molecule has 6 rings (SSSR count). The van der Waals surface area contributed by atoms with Gasteiger partial charge in [-0.2, -0.15) is 10.2 Å². The maximum absolute atomic E-state index is 12.7. The summed E-state index contributed by atoms with van der Waals surface area (Å²) in [4.78, 5) is 42.0. The maximum Gasteiger partial charge on any atom is 0.410 e. The Morgan fingerprint density at radius 3 is 2.65 bits per heavy atom. The number of anilines is 1. The number of hydrogen-bond acceptors (Lipinski definition) is 13. The third-order valence-corrected chi connectivity index (χ3v) is 11.2. The summed E-state index contributed by atoms with van der Waals surface area (Å²) in [7, 11) is 5.89. The van der Waals surface area contributed by atoms with Crippen LogP contribution in [0.25, 0.3) is 0 Å². The second-order valence-electron chi connectivity index (χ2n) is 15.7. The molecule has 1 N–H and O–H groups in total. The molecule has 2 saturated heterocycles. The standard InChI is InChI=1S/C36H51N9O5S/c1-23-21-43(8)16-17-45(23)28-18-29(48-24-11-14-44(15-12-24)33(46)49-34(2,3)4)40-32(39-28)36(47)19-27(41-50-36)35(5)13-9-10-26-30(35)25(20-37)31(51-26)38-22-42(6)7/h18,22-24,47H,9-17,19,21H2,1-8H3/t23-,35?,36?/m0/s1. The monoisotopic (exact) mass is 721 g/mol. The molecule has 51 heavy (non-hydrogen) atoms. The van der Waals surface area contributed by atoms with Crippen molar-refractivity contribution in [2.24, 2.45) is 10.1 Å². The highest BCUT2D eigenvalue weighted by atomic mass is 32.1. The molecule has 1 amide bonds. The number of nitriles is 1. The number of aromatic nitrogens is 2. The largest absolute Gasteiger partial charge is 0.474 e. The van der Waals surface area contributed by atoms with Crippen molar-refractivity contribution in [3.8, 4) is 11.9 Å². The summed E-state index contributed by atoms with van der Waals surface area (Å²) < 4.78 is 12.0. The van der Waals surface area contributed by atoms with Gasteiger partial charge in [-0.05, 0) is 66.5 Å². The number of carbonyl (C=O) groups excluding carboxylic acids is 1. The fourth-order valence-corrected chi connectivity index (χ4v) is 8.63. The van der Waals surface area contributed by atoms with Gasteiger partial charge in [0.05, 0.1) is 24.0 Å². The summed E-state index contributed by atoms with van der Waals surface area (Å²) in [5.74, 6) is -0.880. The van der Waals surface area contributed by atoms with E-state index in [-0.39, 0.29) is 30.5 Å². The van der Waals surface area contributed by atoms with Crippen LogP contribution >= 0.6 is 11.3 Å². The number of nitrogens with zero attached hydrogens (tertiary/aromatic N) is 9. The van der Waals surface area contributed by atoms with E-state index in [0.29, 0.717) is 53.9 Å². The molecule has 0 radical (unpaired) electrons. The minimum absolute atomic E-state index is 0.0371. The van der Waals surface area contributed by atoms with Gasteiger partial charge in [-0.25, -0.2) is 14.8 Å². The SMILES string of the molecule is C[C@H]1CN(C)CCN1c1cc(OC2CCN(C(=O)OC(C)(C)C)CC2)nc(C2(O)CC(C3(C)CCCc4sc(N=CN(C)C)c(C#N)c43)=NO2)n1. The number of thiophene rings is 1. The zero-order chi connectivity index (χ0) is 36.7. The molecule has 0 saturated carbocycles. The third kappa shape index (κ3) is 7.78. The molecule has 15 heteroatoms. The molecular weight excluding hydrogens is 671 g/mol. The van der Waals surface area contributed by atoms with Gasteiger partial charge in [0.25, 0.3) is 0 Å². The summed E-state index contributed by atoms with van der Waals surface area (Å²) >= 11 is 1.54. The molecule has 1 aliphatic carbocycles. The van der Waals surface area contributed by atoms with Gasteiger partial charge in [-0.1, -0.05) is 5.16 Å². The zero-order valence-electron chi connectivity index (χ0n) is 31.1. The number of aliphatic hydroxyl groups is 1. The number of ether oxygens (including phenoxy) is 2. The summed E-state index contributed by atoms with van der Waals surface area (Å²) in [5, 5.41) is 27.7. The summed E-state index contributed by atoms with van der Waals surface area (Å²) in [5.41, 5.74) is 0.899. The Labute approximate surface area is 304 Å². The fraction of sp³-hybridized carbons (Fsp3) is 0.667. The predicted octanol–water partition coefficient (Wildman–Crippen LogP) is 4.77. The number of aliphatic imine (C=N–C) groups is 1. The van der Waals surface area contributed by atoms with Crippen molar-refractivity contribution in [1.29, 1.82) is 5.26 Å². The number of rotatable bonds is 7. The van der Waals surface area contributed by atoms with Crippen molar-refractivity contribution in [3.63, 3.8) is 0 Å². The molecule has 3 atom stereocenters. The Kier molecular flexibility index (Phi) is 10.2. The second-order valence-corrected chi connectivity index (χ2v) is 16.7. The average Bonchev–Trinajstić information content (AvgIpc) is 3.65. The average molecular weight is 722 g/mol. The first-order chi connectivity index (χ1) is 24.1. The summed E-state index contributed by atoms with van der Waals surface area (Å²) in [6, 6.07) is 4.41. The number of amides is 1. The van der Waals surface area contributed by atoms with Crippen molar-refractivity contribution < 1.29 is 24.2 Å². The first kappa shape index (κ1) is 36.8. The minimum atomic E-state index is -1.94. The normalized spacial score (nSPS) is 26.0. The van der Waals surface area contributed by atoms with Crippen LogP contribution in [0, 0.1) is 11.3 Å². The van der Waals surface area contributed by atoms with Gasteiger partial charge in [0.15, 0.2) is 0 Å². The lowest BCUT2D eigenvalue weighted by molar-refractivity contribution is -0.199. The lowest BCUT2D eigenvalue weighted by Crippen LogP contribution is -2.51. The van der Waals surface area contributed by atoms with Gasteiger partial charge < -0.3 is 39.0 Å². The summed E-state index contributed by atoms with van der Waals surface area (Å²) in [6.45, 7) is 13.3. The molecule has 4 aliphatic rings. The first-order valence-corrected chi connectivity index (χ1v) is 18.6. The van der Waals surface area contributed by atoms with E-state index < -0.39 is 16.8 Å². The zero-order valence-corrected chi connectivity index (χ0v) is 31.9. The van der Waals surface area contributed by atoms with E-state index in [9.17, 15) is 15.2 Å². The molecule has 3 aliphatic heterocycles. The van der Waals surface area contributed by atoms with E-state index >= 15 is 0 Å². The van der Waals surface area contributed by atoms with Crippen LogP contribution < -0.4 is 9.64 Å². The van der Waals surface area contributed by atoms with Gasteiger partial charge >= 0.3 is 11.9 Å². The molecule has 2 unspecified atom stereocenters. The predicted molar refractivity (Wildman–Crippen MR) is 196 cm³/mol. The summed E-state index contributed by atoms with van der Waals surface area (Å²) in [6.07, 6.45) is 4.95. The molecular formula is C36H51N9O5S. The second kappa shape index (κ2) is 14.2. The van der Waals surface area contributed by atoms with Crippen molar-refractivity contribution >= 4 is 40.3 Å². The lowest BCUT2D eigenvalue weighted by atomic mass is 9.68. The quantitative estimate of drug-likeness (QED) is 0.311. The number of carbonyl (C=O) groups is 1. The molecule has 14 nitrogen and oxygen atoms in total. The van der Waals surface area contributed by atoms with Crippen LogP contribution in [0.1, 0.15) is 88.6 Å². The Balaban J connectivity index is 1.27. The van der Waals surface area contributed by atoms with Crippen LogP contribution in [0.4, 0.5) is 15.6 Å². The van der Waals surface area contributed by atoms with Crippen LogP contribution in [-0.4, -0.2) is 120 Å². The number of oxime groups is 1. The molecule has 5 heterocycles. The molecule has 0 bridgehead atoms.